The van der Waals surface area contributed by atoms with Crippen LogP contribution in [0.5, 0.6) is 0 Å². The van der Waals surface area contributed by atoms with Crippen molar-refractivity contribution >= 4 is 34.0 Å². The normalized spacial score (nSPS) is 17.2. The van der Waals surface area contributed by atoms with Crippen LogP contribution in [0.15, 0.2) is 24.4 Å². The first-order chi connectivity index (χ1) is 7.43. The van der Waals surface area contributed by atoms with Gasteiger partial charge in [-0.05, 0) is 50.0 Å². The summed E-state index contributed by atoms with van der Waals surface area (Å²) in [5, 5.41) is 3.41. The second-order valence-corrected chi connectivity index (χ2v) is 5.18. The fourth-order valence-corrected chi connectivity index (χ4v) is 3.39. The number of pyridine rings is 1. The van der Waals surface area contributed by atoms with E-state index in [0.717, 1.165) is 24.5 Å². The van der Waals surface area contributed by atoms with Gasteiger partial charge in [-0.25, -0.2) is 0 Å². The Morgan fingerprint density at radius 2 is 2.12 bits per heavy atom. The molecule has 0 saturated carbocycles. The van der Waals surface area contributed by atoms with E-state index in [2.05, 4.69) is 22.4 Å². The van der Waals surface area contributed by atoms with Crippen molar-refractivity contribution in [2.45, 2.75) is 18.8 Å². The maximum atomic E-state index is 4.39. The zero-order valence-corrected chi connectivity index (χ0v) is 10.6. The van der Waals surface area contributed by atoms with Gasteiger partial charge in [0.2, 0.25) is 0 Å². The van der Waals surface area contributed by atoms with Gasteiger partial charge in [-0.1, -0.05) is 0 Å². The lowest BCUT2D eigenvalue weighted by molar-refractivity contribution is 0.465. The molecular weight excluding hydrogens is 240 g/mol. The second kappa shape index (κ2) is 5.13. The van der Waals surface area contributed by atoms with Crippen LogP contribution in [0.3, 0.4) is 0 Å². The highest BCUT2D eigenvalue weighted by Crippen LogP contribution is 2.34. The van der Waals surface area contributed by atoms with Crippen LogP contribution in [0.4, 0.5) is 0 Å². The summed E-state index contributed by atoms with van der Waals surface area (Å²) in [7, 11) is 0. The standard InChI is InChI=1S/C12H14N2S.ClH/c1-2-11-10(14-5-1)8-12(15-11)9-3-6-13-7-4-9;/h1-2,5,8-9,13H,3-4,6-7H2;1H. The summed E-state index contributed by atoms with van der Waals surface area (Å²) in [5.74, 6) is 0.755. The van der Waals surface area contributed by atoms with E-state index < -0.39 is 0 Å². The van der Waals surface area contributed by atoms with Crippen LogP contribution in [0, 0.1) is 0 Å². The van der Waals surface area contributed by atoms with E-state index in [1.54, 1.807) is 0 Å². The van der Waals surface area contributed by atoms with Crippen LogP contribution in [0.25, 0.3) is 10.2 Å². The highest BCUT2D eigenvalue weighted by atomic mass is 35.5. The van der Waals surface area contributed by atoms with Gasteiger partial charge in [-0.15, -0.1) is 23.7 Å². The molecule has 3 heterocycles. The van der Waals surface area contributed by atoms with Crippen molar-refractivity contribution in [2.24, 2.45) is 0 Å². The Morgan fingerprint density at radius 1 is 1.31 bits per heavy atom. The first-order valence-electron chi connectivity index (χ1n) is 5.49. The summed E-state index contributed by atoms with van der Waals surface area (Å²) >= 11 is 1.91. The number of hydrogen-bond acceptors (Lipinski definition) is 3. The van der Waals surface area contributed by atoms with Crippen molar-refractivity contribution in [2.75, 3.05) is 13.1 Å². The van der Waals surface area contributed by atoms with Crippen molar-refractivity contribution in [3.8, 4) is 0 Å². The van der Waals surface area contributed by atoms with E-state index in [-0.39, 0.29) is 12.4 Å². The first-order valence-corrected chi connectivity index (χ1v) is 6.30. The Kier molecular flexibility index (Phi) is 3.79. The number of rotatable bonds is 1. The zero-order valence-electron chi connectivity index (χ0n) is 8.98. The smallest absolute Gasteiger partial charge is 0.0812 e. The third-order valence-electron chi connectivity index (χ3n) is 3.05. The molecular formula is C12H15ClN2S. The summed E-state index contributed by atoms with van der Waals surface area (Å²) in [6.07, 6.45) is 4.42. The summed E-state index contributed by atoms with van der Waals surface area (Å²) in [6.45, 7) is 2.32. The molecule has 0 unspecified atom stereocenters. The Morgan fingerprint density at radius 3 is 2.88 bits per heavy atom. The molecule has 2 aromatic heterocycles. The van der Waals surface area contributed by atoms with Gasteiger partial charge < -0.3 is 5.32 Å². The average Bonchev–Trinajstić information content (AvgIpc) is 2.74. The van der Waals surface area contributed by atoms with Crippen molar-refractivity contribution in [1.29, 1.82) is 0 Å². The molecule has 1 N–H and O–H groups in total. The monoisotopic (exact) mass is 254 g/mol. The van der Waals surface area contributed by atoms with Gasteiger partial charge in [-0.3, -0.25) is 4.98 Å². The number of piperidine rings is 1. The quantitative estimate of drug-likeness (QED) is 0.846. The molecule has 1 aliphatic heterocycles. The molecule has 86 valence electrons. The van der Waals surface area contributed by atoms with Crippen LogP contribution in [-0.4, -0.2) is 18.1 Å². The molecule has 2 nitrogen and oxygen atoms in total. The lowest BCUT2D eigenvalue weighted by atomic mass is 9.96. The van der Waals surface area contributed by atoms with Crippen LogP contribution >= 0.6 is 23.7 Å². The number of nitrogens with one attached hydrogen (secondary N) is 1. The number of aromatic nitrogens is 1. The summed E-state index contributed by atoms with van der Waals surface area (Å²) in [6, 6.07) is 6.46. The maximum absolute atomic E-state index is 4.39. The molecule has 0 aromatic carbocycles. The fourth-order valence-electron chi connectivity index (χ4n) is 2.20. The lowest BCUT2D eigenvalue weighted by Crippen LogP contribution is -2.26. The second-order valence-electron chi connectivity index (χ2n) is 4.06. The fraction of sp³-hybridized carbons (Fsp3) is 0.417. The summed E-state index contributed by atoms with van der Waals surface area (Å²) in [4.78, 5) is 5.91. The third-order valence-corrected chi connectivity index (χ3v) is 4.30. The highest BCUT2D eigenvalue weighted by Gasteiger charge is 2.17. The molecule has 3 rings (SSSR count). The van der Waals surface area contributed by atoms with E-state index in [9.17, 15) is 0 Å². The third kappa shape index (κ3) is 2.21. The Labute approximate surface area is 105 Å². The molecule has 1 saturated heterocycles. The molecule has 0 amide bonds. The molecule has 0 spiro atoms. The number of nitrogens with zero attached hydrogens (tertiary/aromatic N) is 1. The van der Waals surface area contributed by atoms with E-state index in [1.807, 2.05) is 23.6 Å². The maximum Gasteiger partial charge on any atom is 0.0812 e. The molecule has 4 heteroatoms. The van der Waals surface area contributed by atoms with Gasteiger partial charge in [-0.2, -0.15) is 0 Å². The number of thiophene rings is 1. The molecule has 16 heavy (non-hydrogen) atoms. The highest BCUT2D eigenvalue weighted by molar-refractivity contribution is 7.19. The van der Waals surface area contributed by atoms with Crippen LogP contribution < -0.4 is 5.32 Å². The van der Waals surface area contributed by atoms with Crippen molar-refractivity contribution in [3.63, 3.8) is 0 Å². The molecule has 0 radical (unpaired) electrons. The minimum absolute atomic E-state index is 0. The molecule has 1 fully saturated rings. The predicted molar refractivity (Wildman–Crippen MR) is 71.7 cm³/mol. The van der Waals surface area contributed by atoms with Crippen LogP contribution in [0.2, 0.25) is 0 Å². The van der Waals surface area contributed by atoms with Gasteiger partial charge in [0.25, 0.3) is 0 Å². The van der Waals surface area contributed by atoms with E-state index in [4.69, 9.17) is 0 Å². The van der Waals surface area contributed by atoms with Gasteiger partial charge in [0.1, 0.15) is 0 Å². The predicted octanol–water partition coefficient (Wildman–Crippen LogP) is 3.19. The van der Waals surface area contributed by atoms with Gasteiger partial charge >= 0.3 is 0 Å². The van der Waals surface area contributed by atoms with Gasteiger partial charge in [0, 0.05) is 11.1 Å². The van der Waals surface area contributed by atoms with Gasteiger partial charge in [0.15, 0.2) is 0 Å². The largest absolute Gasteiger partial charge is 0.317 e. The topological polar surface area (TPSA) is 24.9 Å². The van der Waals surface area contributed by atoms with Crippen molar-refractivity contribution in [3.05, 3.63) is 29.3 Å². The van der Waals surface area contributed by atoms with E-state index >= 15 is 0 Å². The lowest BCUT2D eigenvalue weighted by Gasteiger charge is -2.21. The Bertz CT molecular complexity index is 430. The first kappa shape index (κ1) is 11.8. The van der Waals surface area contributed by atoms with E-state index in [0.29, 0.717) is 0 Å². The number of hydrogen-bond donors (Lipinski definition) is 1. The van der Waals surface area contributed by atoms with Crippen molar-refractivity contribution in [1.82, 2.24) is 10.3 Å². The Hall–Kier alpha value is -0.640. The number of fused-ring (bicyclic) bond motifs is 1. The summed E-state index contributed by atoms with van der Waals surface area (Å²) in [5.41, 5.74) is 1.16. The van der Waals surface area contributed by atoms with E-state index in [1.165, 1.54) is 22.4 Å². The summed E-state index contributed by atoms with van der Waals surface area (Å²) < 4.78 is 1.33. The number of halogens is 1. The minimum atomic E-state index is 0. The SMILES string of the molecule is Cl.c1cnc2cc(C3CCNCC3)sc2c1. The van der Waals surface area contributed by atoms with Gasteiger partial charge in [0.05, 0.1) is 10.2 Å². The van der Waals surface area contributed by atoms with Crippen LogP contribution in [-0.2, 0) is 0 Å². The molecule has 2 aromatic rings. The molecule has 0 aliphatic carbocycles. The zero-order chi connectivity index (χ0) is 10.1. The molecule has 0 atom stereocenters. The Balaban J connectivity index is 0.000000963. The molecule has 0 bridgehead atoms. The average molecular weight is 255 g/mol. The van der Waals surface area contributed by atoms with Crippen molar-refractivity contribution < 1.29 is 0 Å². The minimum Gasteiger partial charge on any atom is -0.317 e. The molecule has 1 aliphatic rings. The van der Waals surface area contributed by atoms with Crippen LogP contribution in [0.1, 0.15) is 23.6 Å².